The van der Waals surface area contributed by atoms with Gasteiger partial charge in [-0.25, -0.2) is 0 Å². The number of nitrogens with zero attached hydrogens (tertiary/aromatic N) is 1. The van der Waals surface area contributed by atoms with E-state index in [0.29, 0.717) is 12.1 Å². The Balaban J connectivity index is 2.23. The number of nitrogens with one attached hydrogen (secondary N) is 1. The zero-order valence-corrected chi connectivity index (χ0v) is 9.92. The van der Waals surface area contributed by atoms with Crippen molar-refractivity contribution in [1.29, 1.82) is 0 Å². The van der Waals surface area contributed by atoms with Crippen LogP contribution in [-0.2, 0) is 4.74 Å². The molecule has 0 aromatic heterocycles. The predicted molar refractivity (Wildman–Crippen MR) is 59.5 cm³/mol. The van der Waals surface area contributed by atoms with Gasteiger partial charge in [-0.3, -0.25) is 0 Å². The maximum atomic E-state index is 5.24. The van der Waals surface area contributed by atoms with E-state index >= 15 is 0 Å². The number of methoxy groups -OCH3 is 1. The SMILES string of the molecule is COCC(NC(C)CN(C)C)C1CC1. The fourth-order valence-corrected chi connectivity index (χ4v) is 1.96. The highest BCUT2D eigenvalue weighted by atomic mass is 16.5. The second-order valence-electron chi connectivity index (χ2n) is 4.73. The third kappa shape index (κ3) is 4.40. The van der Waals surface area contributed by atoms with Crippen LogP contribution < -0.4 is 5.32 Å². The van der Waals surface area contributed by atoms with Gasteiger partial charge in [-0.2, -0.15) is 0 Å². The summed E-state index contributed by atoms with van der Waals surface area (Å²) in [6.07, 6.45) is 2.74. The van der Waals surface area contributed by atoms with Crippen LogP contribution in [0.4, 0.5) is 0 Å². The summed E-state index contributed by atoms with van der Waals surface area (Å²) in [5.41, 5.74) is 0. The lowest BCUT2D eigenvalue weighted by molar-refractivity contribution is 0.149. The minimum atomic E-state index is 0.547. The standard InChI is InChI=1S/C11H24N2O/c1-9(7-13(2)3)12-11(8-14-4)10-5-6-10/h9-12H,5-8H2,1-4H3. The lowest BCUT2D eigenvalue weighted by Gasteiger charge is -2.24. The molecule has 0 heterocycles. The number of rotatable bonds is 7. The molecule has 3 nitrogen and oxygen atoms in total. The van der Waals surface area contributed by atoms with Crippen LogP contribution in [0.15, 0.2) is 0 Å². The maximum absolute atomic E-state index is 5.24. The molecular weight excluding hydrogens is 176 g/mol. The van der Waals surface area contributed by atoms with Crippen LogP contribution in [0.1, 0.15) is 19.8 Å². The van der Waals surface area contributed by atoms with Crippen molar-refractivity contribution in [3.8, 4) is 0 Å². The van der Waals surface area contributed by atoms with Crippen molar-refractivity contribution in [3.05, 3.63) is 0 Å². The fraction of sp³-hybridized carbons (Fsp3) is 1.00. The Morgan fingerprint density at radius 1 is 1.43 bits per heavy atom. The molecule has 3 heteroatoms. The summed E-state index contributed by atoms with van der Waals surface area (Å²) in [4.78, 5) is 2.22. The molecule has 0 spiro atoms. The molecule has 0 aliphatic heterocycles. The minimum Gasteiger partial charge on any atom is -0.383 e. The fourth-order valence-electron chi connectivity index (χ4n) is 1.96. The third-order valence-electron chi connectivity index (χ3n) is 2.67. The topological polar surface area (TPSA) is 24.5 Å². The molecule has 1 aliphatic rings. The number of hydrogen-bond acceptors (Lipinski definition) is 3. The predicted octanol–water partition coefficient (Wildman–Crippen LogP) is 0.951. The third-order valence-corrected chi connectivity index (χ3v) is 2.67. The van der Waals surface area contributed by atoms with Gasteiger partial charge in [0, 0.05) is 25.7 Å². The van der Waals surface area contributed by atoms with E-state index in [2.05, 4.69) is 31.2 Å². The summed E-state index contributed by atoms with van der Waals surface area (Å²) in [6.45, 7) is 4.18. The Hall–Kier alpha value is -0.120. The normalized spacial score (nSPS) is 21.2. The molecule has 1 N–H and O–H groups in total. The first-order valence-corrected chi connectivity index (χ1v) is 5.53. The first-order chi connectivity index (χ1) is 6.63. The molecule has 0 radical (unpaired) electrons. The van der Waals surface area contributed by atoms with Gasteiger partial charge in [0.05, 0.1) is 6.61 Å². The van der Waals surface area contributed by atoms with E-state index in [0.717, 1.165) is 19.1 Å². The van der Waals surface area contributed by atoms with E-state index in [-0.39, 0.29) is 0 Å². The van der Waals surface area contributed by atoms with Crippen molar-refractivity contribution in [1.82, 2.24) is 10.2 Å². The van der Waals surface area contributed by atoms with Gasteiger partial charge >= 0.3 is 0 Å². The van der Waals surface area contributed by atoms with Gasteiger partial charge in [0.1, 0.15) is 0 Å². The minimum absolute atomic E-state index is 0.547. The van der Waals surface area contributed by atoms with Gasteiger partial charge in [0.15, 0.2) is 0 Å². The average molecular weight is 200 g/mol. The molecule has 0 aromatic rings. The summed E-state index contributed by atoms with van der Waals surface area (Å²) in [5, 5.41) is 3.64. The zero-order chi connectivity index (χ0) is 10.6. The summed E-state index contributed by atoms with van der Waals surface area (Å²) in [7, 11) is 6.01. The summed E-state index contributed by atoms with van der Waals surface area (Å²) in [6, 6.07) is 1.11. The van der Waals surface area contributed by atoms with Gasteiger partial charge in [-0.05, 0) is 39.8 Å². The van der Waals surface area contributed by atoms with Gasteiger partial charge < -0.3 is 15.0 Å². The Bertz CT molecular complexity index is 157. The number of ether oxygens (including phenoxy) is 1. The van der Waals surface area contributed by atoms with Crippen molar-refractivity contribution in [2.24, 2.45) is 5.92 Å². The largest absolute Gasteiger partial charge is 0.383 e. The summed E-state index contributed by atoms with van der Waals surface area (Å²) < 4.78 is 5.24. The number of likely N-dealkylation sites (N-methyl/N-ethyl adjacent to an activating group) is 1. The lowest BCUT2D eigenvalue weighted by atomic mass is 10.1. The molecule has 0 aromatic carbocycles. The highest BCUT2D eigenvalue weighted by molar-refractivity contribution is 4.87. The van der Waals surface area contributed by atoms with Crippen LogP contribution in [0.25, 0.3) is 0 Å². The van der Waals surface area contributed by atoms with E-state index < -0.39 is 0 Å². The van der Waals surface area contributed by atoms with Crippen LogP contribution in [0.3, 0.4) is 0 Å². The molecule has 0 bridgehead atoms. The van der Waals surface area contributed by atoms with Gasteiger partial charge in [-0.1, -0.05) is 0 Å². The Kier molecular flexibility index (Phi) is 4.85. The van der Waals surface area contributed by atoms with Crippen LogP contribution in [-0.4, -0.2) is 51.3 Å². The highest BCUT2D eigenvalue weighted by Gasteiger charge is 2.31. The molecule has 0 amide bonds. The van der Waals surface area contributed by atoms with Crippen molar-refractivity contribution >= 4 is 0 Å². The molecule has 1 aliphatic carbocycles. The highest BCUT2D eigenvalue weighted by Crippen LogP contribution is 2.32. The molecule has 14 heavy (non-hydrogen) atoms. The summed E-state index contributed by atoms with van der Waals surface area (Å²) in [5.74, 6) is 0.861. The smallest absolute Gasteiger partial charge is 0.0618 e. The first kappa shape index (κ1) is 12.0. The average Bonchev–Trinajstić information content (AvgIpc) is 2.83. The van der Waals surface area contributed by atoms with Gasteiger partial charge in [0.25, 0.3) is 0 Å². The van der Waals surface area contributed by atoms with Crippen LogP contribution in [0.2, 0.25) is 0 Å². The lowest BCUT2D eigenvalue weighted by Crippen LogP contribution is -2.45. The molecule has 1 rings (SSSR count). The monoisotopic (exact) mass is 200 g/mol. The first-order valence-electron chi connectivity index (χ1n) is 5.53. The van der Waals surface area contributed by atoms with Crippen LogP contribution in [0, 0.1) is 5.92 Å². The Morgan fingerprint density at radius 2 is 2.07 bits per heavy atom. The van der Waals surface area contributed by atoms with Crippen LogP contribution >= 0.6 is 0 Å². The van der Waals surface area contributed by atoms with Crippen molar-refractivity contribution in [2.45, 2.75) is 31.8 Å². The zero-order valence-electron chi connectivity index (χ0n) is 9.92. The molecule has 84 valence electrons. The van der Waals surface area contributed by atoms with Gasteiger partial charge in [0.2, 0.25) is 0 Å². The van der Waals surface area contributed by atoms with E-state index in [4.69, 9.17) is 4.74 Å². The van der Waals surface area contributed by atoms with Gasteiger partial charge in [-0.15, -0.1) is 0 Å². The maximum Gasteiger partial charge on any atom is 0.0618 e. The summed E-state index contributed by atoms with van der Waals surface area (Å²) >= 11 is 0. The second kappa shape index (κ2) is 5.69. The van der Waals surface area contributed by atoms with Crippen molar-refractivity contribution in [2.75, 3.05) is 34.4 Å². The molecular formula is C11H24N2O. The molecule has 2 atom stereocenters. The molecule has 0 saturated heterocycles. The quantitative estimate of drug-likeness (QED) is 0.662. The molecule has 1 fully saturated rings. The molecule has 1 saturated carbocycles. The molecule has 2 unspecified atom stereocenters. The van der Waals surface area contributed by atoms with E-state index in [1.54, 1.807) is 7.11 Å². The van der Waals surface area contributed by atoms with E-state index in [1.165, 1.54) is 12.8 Å². The Morgan fingerprint density at radius 3 is 2.50 bits per heavy atom. The second-order valence-corrected chi connectivity index (χ2v) is 4.73. The number of hydrogen-bond donors (Lipinski definition) is 1. The Labute approximate surface area is 87.8 Å². The van der Waals surface area contributed by atoms with E-state index in [9.17, 15) is 0 Å². The van der Waals surface area contributed by atoms with E-state index in [1.807, 2.05) is 0 Å². The van der Waals surface area contributed by atoms with Crippen molar-refractivity contribution in [3.63, 3.8) is 0 Å². The van der Waals surface area contributed by atoms with Crippen molar-refractivity contribution < 1.29 is 4.74 Å². The van der Waals surface area contributed by atoms with Crippen LogP contribution in [0.5, 0.6) is 0 Å².